The van der Waals surface area contributed by atoms with Crippen LogP contribution in [0.15, 0.2) is 25.3 Å². The van der Waals surface area contributed by atoms with Crippen LogP contribution < -0.4 is 0 Å². The Bertz CT molecular complexity index is 867. The summed E-state index contributed by atoms with van der Waals surface area (Å²) >= 11 is 0. The summed E-state index contributed by atoms with van der Waals surface area (Å²) in [5, 5.41) is 9.33. The van der Waals surface area contributed by atoms with Crippen LogP contribution in [0.25, 0.3) is 0 Å². The minimum Gasteiger partial charge on any atom is -0.396 e. The van der Waals surface area contributed by atoms with Crippen molar-refractivity contribution in [3.63, 3.8) is 0 Å². The van der Waals surface area contributed by atoms with Crippen LogP contribution in [0.3, 0.4) is 0 Å². The topological polar surface area (TPSA) is 90.4 Å². The SMILES string of the molecule is C=CCN(C)C(=O)[C@H]1[C@H]2C(=O)N(CCCCO)C(C(=O)N(CC=C)C(C)(C)C)C23CC[C@]1(CC)O3. The number of rotatable bonds is 11. The van der Waals surface area contributed by atoms with Gasteiger partial charge in [-0.1, -0.05) is 19.1 Å². The van der Waals surface area contributed by atoms with Gasteiger partial charge in [0.2, 0.25) is 17.7 Å². The number of hydrogen-bond acceptors (Lipinski definition) is 5. The number of aliphatic hydroxyl groups excluding tert-OH is 1. The Labute approximate surface area is 210 Å². The van der Waals surface area contributed by atoms with E-state index in [1.807, 2.05) is 27.7 Å². The van der Waals surface area contributed by atoms with Crippen LogP contribution in [0, 0.1) is 11.8 Å². The Hall–Kier alpha value is -2.19. The number of likely N-dealkylation sites (N-methyl/N-ethyl adjacent to an activating group) is 1. The van der Waals surface area contributed by atoms with E-state index in [-0.39, 0.29) is 24.3 Å². The summed E-state index contributed by atoms with van der Waals surface area (Å²) in [6, 6.07) is -0.811. The molecule has 0 aromatic carbocycles. The van der Waals surface area contributed by atoms with Crippen LogP contribution in [-0.2, 0) is 19.1 Å². The molecule has 0 aromatic rings. The molecule has 3 fully saturated rings. The van der Waals surface area contributed by atoms with E-state index in [9.17, 15) is 19.5 Å². The molecule has 1 N–H and O–H groups in total. The first-order valence-electron chi connectivity index (χ1n) is 12.9. The van der Waals surface area contributed by atoms with Gasteiger partial charge in [0.15, 0.2) is 0 Å². The molecule has 8 nitrogen and oxygen atoms in total. The number of fused-ring (bicyclic) bond motifs is 1. The second-order valence-corrected chi connectivity index (χ2v) is 11.2. The van der Waals surface area contributed by atoms with Crippen molar-refractivity contribution in [2.24, 2.45) is 11.8 Å². The summed E-state index contributed by atoms with van der Waals surface area (Å²) in [6.07, 6.45) is 6.25. The van der Waals surface area contributed by atoms with E-state index in [1.54, 1.807) is 33.9 Å². The van der Waals surface area contributed by atoms with Gasteiger partial charge in [-0.05, 0) is 52.9 Å². The summed E-state index contributed by atoms with van der Waals surface area (Å²) < 4.78 is 6.81. The average Bonchev–Trinajstić information content (AvgIpc) is 3.40. The van der Waals surface area contributed by atoms with Gasteiger partial charge in [0.05, 0.1) is 17.4 Å². The fourth-order valence-corrected chi connectivity index (χ4v) is 6.50. The molecule has 0 aliphatic carbocycles. The fourth-order valence-electron chi connectivity index (χ4n) is 6.50. The Kier molecular flexibility index (Phi) is 7.87. The zero-order valence-corrected chi connectivity index (χ0v) is 22.1. The number of nitrogens with zero attached hydrogens (tertiary/aromatic N) is 3. The largest absolute Gasteiger partial charge is 0.396 e. The molecular weight excluding hydrogens is 446 g/mol. The van der Waals surface area contributed by atoms with Gasteiger partial charge in [-0.15, -0.1) is 13.2 Å². The molecule has 35 heavy (non-hydrogen) atoms. The Morgan fingerprint density at radius 2 is 1.83 bits per heavy atom. The van der Waals surface area contributed by atoms with Gasteiger partial charge in [-0.3, -0.25) is 14.4 Å². The van der Waals surface area contributed by atoms with Gasteiger partial charge in [0, 0.05) is 38.8 Å². The van der Waals surface area contributed by atoms with E-state index >= 15 is 0 Å². The molecule has 3 rings (SSSR count). The third-order valence-electron chi connectivity index (χ3n) is 8.15. The highest BCUT2D eigenvalue weighted by atomic mass is 16.5. The van der Waals surface area contributed by atoms with Crippen LogP contribution in [0.1, 0.15) is 59.8 Å². The lowest BCUT2D eigenvalue weighted by Crippen LogP contribution is -2.60. The lowest BCUT2D eigenvalue weighted by atomic mass is 9.64. The summed E-state index contributed by atoms with van der Waals surface area (Å²) in [5.74, 6) is -1.83. The van der Waals surface area contributed by atoms with E-state index in [4.69, 9.17) is 4.74 Å². The predicted molar refractivity (Wildman–Crippen MR) is 134 cm³/mol. The summed E-state index contributed by atoms with van der Waals surface area (Å²) in [4.78, 5) is 47.0. The lowest BCUT2D eigenvalue weighted by molar-refractivity contribution is -0.157. The lowest BCUT2D eigenvalue weighted by Gasteiger charge is -2.42. The predicted octanol–water partition coefficient (Wildman–Crippen LogP) is 2.37. The van der Waals surface area contributed by atoms with E-state index < -0.39 is 34.6 Å². The highest BCUT2D eigenvalue weighted by molar-refractivity contribution is 5.99. The molecule has 3 aliphatic heterocycles. The number of likely N-dealkylation sites (tertiary alicyclic amines) is 1. The van der Waals surface area contributed by atoms with Gasteiger partial charge in [-0.25, -0.2) is 0 Å². The highest BCUT2D eigenvalue weighted by Gasteiger charge is 2.79. The van der Waals surface area contributed by atoms with Crippen LogP contribution >= 0.6 is 0 Å². The van der Waals surface area contributed by atoms with Gasteiger partial charge in [0.25, 0.3) is 0 Å². The highest BCUT2D eigenvalue weighted by Crippen LogP contribution is 2.64. The maximum Gasteiger partial charge on any atom is 0.249 e. The molecule has 0 saturated carbocycles. The number of ether oxygens (including phenoxy) is 1. The van der Waals surface area contributed by atoms with Crippen LogP contribution in [0.2, 0.25) is 0 Å². The van der Waals surface area contributed by atoms with Crippen molar-refractivity contribution in [1.82, 2.24) is 14.7 Å². The summed E-state index contributed by atoms with van der Waals surface area (Å²) in [7, 11) is 1.72. The molecule has 2 bridgehead atoms. The third-order valence-corrected chi connectivity index (χ3v) is 8.15. The van der Waals surface area contributed by atoms with Crippen molar-refractivity contribution in [1.29, 1.82) is 0 Å². The maximum absolute atomic E-state index is 14.2. The van der Waals surface area contributed by atoms with Crippen molar-refractivity contribution in [3.8, 4) is 0 Å². The van der Waals surface area contributed by atoms with Crippen molar-refractivity contribution in [3.05, 3.63) is 25.3 Å². The number of unbranched alkanes of at least 4 members (excludes halogenated alkanes) is 1. The summed E-state index contributed by atoms with van der Waals surface area (Å²) in [6.45, 7) is 16.6. The molecular formula is C27H43N3O5. The molecule has 196 valence electrons. The van der Waals surface area contributed by atoms with Gasteiger partial charge in [-0.2, -0.15) is 0 Å². The van der Waals surface area contributed by atoms with Crippen LogP contribution in [-0.4, -0.2) is 93.6 Å². The standard InChI is InChI=1S/C27H43N3O5/c1-8-15-28(7)22(32)19-20-23(33)29(17-11-12-18-31)21(24(34)30(16-9-2)25(4,5)6)27(20)14-13-26(19,10-3)35-27/h8-9,19-21,31H,1-2,10-18H2,3-7H3/t19-,20+,21?,26+,27?/m1/s1. The zero-order chi connectivity index (χ0) is 26.2. The number of amides is 3. The molecule has 8 heteroatoms. The first kappa shape index (κ1) is 27.4. The Balaban J connectivity index is 2.12. The quantitative estimate of drug-likeness (QED) is 0.356. The van der Waals surface area contributed by atoms with Crippen molar-refractivity contribution in [2.75, 3.05) is 33.3 Å². The normalized spacial score (nSPS) is 31.4. The van der Waals surface area contributed by atoms with E-state index in [0.717, 1.165) is 0 Å². The van der Waals surface area contributed by atoms with E-state index in [0.29, 0.717) is 51.7 Å². The molecule has 0 aromatic heterocycles. The number of carbonyl (C=O) groups excluding carboxylic acids is 3. The monoisotopic (exact) mass is 489 g/mol. The third kappa shape index (κ3) is 4.33. The molecule has 5 atom stereocenters. The van der Waals surface area contributed by atoms with Gasteiger partial charge in [0.1, 0.15) is 11.6 Å². The number of hydrogen-bond donors (Lipinski definition) is 1. The molecule has 3 heterocycles. The number of aliphatic hydroxyl groups is 1. The molecule has 0 radical (unpaired) electrons. The minimum absolute atomic E-state index is 0.0166. The fraction of sp³-hybridized carbons (Fsp3) is 0.741. The average molecular weight is 490 g/mol. The van der Waals surface area contributed by atoms with Crippen LogP contribution in [0.4, 0.5) is 0 Å². The van der Waals surface area contributed by atoms with E-state index in [1.165, 1.54) is 0 Å². The zero-order valence-electron chi connectivity index (χ0n) is 22.1. The van der Waals surface area contributed by atoms with Crippen LogP contribution in [0.5, 0.6) is 0 Å². The molecule has 3 amide bonds. The van der Waals surface area contributed by atoms with Crippen molar-refractivity contribution >= 4 is 17.7 Å². The summed E-state index contributed by atoms with van der Waals surface area (Å²) in [5.41, 5.74) is -2.28. The first-order chi connectivity index (χ1) is 16.5. The Morgan fingerprint density at radius 1 is 1.17 bits per heavy atom. The number of carbonyl (C=O) groups is 3. The van der Waals surface area contributed by atoms with Crippen molar-refractivity contribution < 1.29 is 24.2 Å². The van der Waals surface area contributed by atoms with Crippen molar-refractivity contribution in [2.45, 2.75) is 82.6 Å². The van der Waals surface area contributed by atoms with E-state index in [2.05, 4.69) is 13.2 Å². The molecule has 2 unspecified atom stereocenters. The molecule has 3 saturated heterocycles. The second kappa shape index (κ2) is 10.1. The molecule has 3 aliphatic rings. The smallest absolute Gasteiger partial charge is 0.249 e. The van der Waals surface area contributed by atoms with Gasteiger partial charge >= 0.3 is 0 Å². The minimum atomic E-state index is -1.04. The Morgan fingerprint density at radius 3 is 2.37 bits per heavy atom. The van der Waals surface area contributed by atoms with Gasteiger partial charge < -0.3 is 24.5 Å². The first-order valence-corrected chi connectivity index (χ1v) is 12.9. The molecule has 1 spiro atoms. The second-order valence-electron chi connectivity index (χ2n) is 11.2. The maximum atomic E-state index is 14.2.